The molecule has 3 aromatic carbocycles. The summed E-state index contributed by atoms with van der Waals surface area (Å²) < 4.78 is 114. The third-order valence-corrected chi connectivity index (χ3v) is 8.21. The fourth-order valence-corrected chi connectivity index (χ4v) is 5.77. The van der Waals surface area contributed by atoms with Crippen LogP contribution in [0.3, 0.4) is 0 Å². The van der Waals surface area contributed by atoms with Crippen LogP contribution >= 0.6 is 11.3 Å². The predicted octanol–water partition coefficient (Wildman–Crippen LogP) is 10.5. The van der Waals surface area contributed by atoms with Crippen molar-refractivity contribution in [2.24, 2.45) is 5.41 Å². The van der Waals surface area contributed by atoms with Gasteiger partial charge in [0.25, 0.3) is 0 Å². The fourth-order valence-electron chi connectivity index (χ4n) is 4.46. The van der Waals surface area contributed by atoms with Crippen molar-refractivity contribution in [2.75, 3.05) is 0 Å². The second kappa shape index (κ2) is 13.2. The van der Waals surface area contributed by atoms with Gasteiger partial charge in [-0.05, 0) is 53.7 Å². The van der Waals surface area contributed by atoms with Gasteiger partial charge in [-0.2, -0.15) is 13.2 Å². The van der Waals surface area contributed by atoms with Gasteiger partial charge in [-0.1, -0.05) is 32.0 Å². The van der Waals surface area contributed by atoms with Crippen molar-refractivity contribution in [3.05, 3.63) is 120 Å². The van der Waals surface area contributed by atoms with Crippen molar-refractivity contribution < 1.29 is 50.3 Å². The number of thiophene rings is 1. The summed E-state index contributed by atoms with van der Waals surface area (Å²) in [4.78, 5) is 8.20. The summed E-state index contributed by atoms with van der Waals surface area (Å²) in [5, 5.41) is 1.99. The van der Waals surface area contributed by atoms with E-state index in [0.29, 0.717) is 0 Å². The van der Waals surface area contributed by atoms with Crippen LogP contribution in [0.2, 0.25) is 0 Å². The largest absolute Gasteiger partial charge is 0.394 e. The minimum atomic E-state index is -4.25. The molecule has 0 N–H and O–H groups in total. The number of rotatable bonds is 4. The van der Waals surface area contributed by atoms with Crippen LogP contribution in [0.15, 0.2) is 79.1 Å². The van der Waals surface area contributed by atoms with Gasteiger partial charge in [-0.25, -0.2) is 4.39 Å². The van der Waals surface area contributed by atoms with E-state index >= 15 is 0 Å². The first-order valence-corrected chi connectivity index (χ1v) is 13.8. The Labute approximate surface area is 278 Å². The number of alkyl halides is 3. The zero-order valence-electron chi connectivity index (χ0n) is 29.2. The van der Waals surface area contributed by atoms with Gasteiger partial charge in [0, 0.05) is 67.3 Å². The van der Waals surface area contributed by atoms with Gasteiger partial charge < -0.3 is 9.97 Å². The van der Waals surface area contributed by atoms with Crippen LogP contribution in [0.4, 0.5) is 22.0 Å². The fraction of sp³-hybridized carbons (Fsp3) is 0.200. The molecule has 44 heavy (non-hydrogen) atoms. The molecule has 0 spiro atoms. The predicted molar refractivity (Wildman–Crippen MR) is 163 cm³/mol. The van der Waals surface area contributed by atoms with E-state index in [9.17, 15) is 22.0 Å². The molecule has 6 rings (SSSR count). The Kier molecular flexibility index (Phi) is 7.75. The Balaban J connectivity index is 0.000000225. The Hall–Kier alpha value is -3.52. The topological polar surface area (TPSA) is 25.8 Å². The number of fused-ring (bicyclic) bond motifs is 3. The summed E-state index contributed by atoms with van der Waals surface area (Å²) in [6, 6.07) is 23.9. The van der Waals surface area contributed by atoms with Crippen LogP contribution < -0.4 is 0 Å². The van der Waals surface area contributed by atoms with E-state index in [2.05, 4.69) is 22.1 Å². The van der Waals surface area contributed by atoms with Gasteiger partial charge in [-0.3, -0.25) is 4.39 Å². The van der Waals surface area contributed by atoms with E-state index in [-0.39, 0.29) is 37.8 Å². The molecule has 2 nitrogen and oxygen atoms in total. The molecule has 9 heteroatoms. The molecule has 0 aliphatic rings. The molecule has 3 heterocycles. The smallest absolute Gasteiger partial charge is 0.303 e. The molecule has 6 aromatic rings. The summed E-state index contributed by atoms with van der Waals surface area (Å²) in [5.74, 6) is -1.87. The summed E-state index contributed by atoms with van der Waals surface area (Å²) >= 11 is 1.51. The van der Waals surface area contributed by atoms with Crippen molar-refractivity contribution in [3.8, 4) is 22.5 Å². The molecule has 0 fully saturated rings. The quantitative estimate of drug-likeness (QED) is 0.131. The molecule has 0 aliphatic carbocycles. The maximum atomic E-state index is 14.6. The van der Waals surface area contributed by atoms with Crippen molar-refractivity contribution in [1.82, 2.24) is 9.97 Å². The van der Waals surface area contributed by atoms with E-state index < -0.39 is 48.1 Å². The Morgan fingerprint density at radius 3 is 2.27 bits per heavy atom. The summed E-state index contributed by atoms with van der Waals surface area (Å²) in [7, 11) is 0. The number of halogens is 5. The summed E-state index contributed by atoms with van der Waals surface area (Å²) in [6.07, 6.45) is -1.75. The Bertz CT molecular complexity index is 2110. The monoisotopic (exact) mass is 801 g/mol. The Morgan fingerprint density at radius 2 is 1.61 bits per heavy atom. The van der Waals surface area contributed by atoms with E-state index in [1.54, 1.807) is 12.3 Å². The van der Waals surface area contributed by atoms with Crippen molar-refractivity contribution in [1.29, 1.82) is 0 Å². The van der Waals surface area contributed by atoms with Crippen LogP contribution in [-0.4, -0.2) is 16.1 Å². The molecule has 0 saturated carbocycles. The molecule has 0 aliphatic heterocycles. The minimum absolute atomic E-state index is 0. The van der Waals surface area contributed by atoms with Crippen molar-refractivity contribution >= 4 is 31.5 Å². The molecule has 0 atom stereocenters. The number of aryl methyl sites for hydroxylation is 1. The normalized spacial score (nSPS) is 14.2. The first-order valence-electron chi connectivity index (χ1n) is 16.0. The van der Waals surface area contributed by atoms with E-state index in [1.807, 2.05) is 42.5 Å². The van der Waals surface area contributed by atoms with Crippen LogP contribution in [0.25, 0.3) is 42.7 Å². The number of nitrogens with zero attached hydrogens (tertiary/aromatic N) is 2. The maximum absolute atomic E-state index is 14.6. The van der Waals surface area contributed by atoms with Crippen molar-refractivity contribution in [3.63, 3.8) is 0 Å². The number of pyridine rings is 2. The first-order chi connectivity index (χ1) is 22.8. The third-order valence-electron chi connectivity index (χ3n) is 6.91. The van der Waals surface area contributed by atoms with E-state index in [4.69, 9.17) is 8.22 Å². The SMILES string of the molecule is CC(C)(Cc1cccc2c1sc1c(-c3[c-]cccc3)nccc12)C(F)(F)F.[2H]C([2H])([2H])c1cnc(-c2[c-]cc(F)cc2)c(F)c1C([2H])([2H])[2H].[Ir]. The maximum Gasteiger partial charge on any atom is 0.394 e. The molecule has 3 aromatic heterocycles. The Morgan fingerprint density at radius 1 is 0.841 bits per heavy atom. The molecular formula is C35H27F5IrN2S-2. The average Bonchev–Trinajstić information content (AvgIpc) is 3.40. The van der Waals surface area contributed by atoms with Crippen LogP contribution in [0, 0.1) is 42.9 Å². The zero-order chi connectivity index (χ0) is 35.9. The average molecular weight is 801 g/mol. The van der Waals surface area contributed by atoms with E-state index in [0.717, 1.165) is 55.3 Å². The van der Waals surface area contributed by atoms with Crippen LogP contribution in [0.5, 0.6) is 0 Å². The minimum Gasteiger partial charge on any atom is -0.303 e. The van der Waals surface area contributed by atoms with Crippen LogP contribution in [0.1, 0.15) is 38.8 Å². The third kappa shape index (κ3) is 6.75. The molecule has 0 saturated heterocycles. The first kappa shape index (κ1) is 25.8. The van der Waals surface area contributed by atoms with Gasteiger partial charge in [-0.15, -0.1) is 77.1 Å². The number of aromatic nitrogens is 2. The van der Waals surface area contributed by atoms with Gasteiger partial charge in [0.05, 0.1) is 5.41 Å². The van der Waals surface area contributed by atoms with E-state index in [1.165, 1.54) is 31.3 Å². The van der Waals surface area contributed by atoms with Crippen molar-refractivity contribution in [2.45, 2.75) is 40.1 Å². The van der Waals surface area contributed by atoms with Gasteiger partial charge in [0.1, 0.15) is 5.82 Å². The number of benzene rings is 3. The molecule has 229 valence electrons. The van der Waals surface area contributed by atoms with Gasteiger partial charge in [0.2, 0.25) is 0 Å². The number of hydrogen-bond acceptors (Lipinski definition) is 3. The standard InChI is InChI=1S/C22H17F3NS.C13H10F2N.Ir/c1-21(2,22(23,24)25)13-15-9-6-10-16-17-11-12-26-18(20(17)27-19(15)16)14-7-4-3-5-8-14;1-8-7-16-13(12(15)9(8)2)10-3-5-11(14)6-4-10;/h3-7,9-12H,13H2,1-2H3;3,5-7H,1-2H3;/q2*-1;/i;1D3,2D3;. The second-order valence-corrected chi connectivity index (χ2v) is 11.4. The molecular weight excluding hydrogens is 768 g/mol. The van der Waals surface area contributed by atoms with Gasteiger partial charge >= 0.3 is 6.18 Å². The number of hydrogen-bond donors (Lipinski definition) is 0. The second-order valence-electron chi connectivity index (χ2n) is 10.4. The molecule has 0 unspecified atom stereocenters. The molecule has 0 amide bonds. The van der Waals surface area contributed by atoms with Gasteiger partial charge in [0.15, 0.2) is 0 Å². The summed E-state index contributed by atoms with van der Waals surface area (Å²) in [6.45, 7) is -3.27. The molecule has 1 radical (unpaired) electrons. The van der Waals surface area contributed by atoms with Crippen LogP contribution in [-0.2, 0) is 26.5 Å². The summed E-state index contributed by atoms with van der Waals surface area (Å²) in [5.41, 5.74) is -1.31. The zero-order valence-corrected chi connectivity index (χ0v) is 26.5. The molecule has 0 bridgehead atoms.